The monoisotopic (exact) mass is 286 g/mol. The van der Waals surface area contributed by atoms with Gasteiger partial charge >= 0.3 is 0 Å². The summed E-state index contributed by atoms with van der Waals surface area (Å²) < 4.78 is 27.4. The van der Waals surface area contributed by atoms with Gasteiger partial charge in [0.15, 0.2) is 0 Å². The maximum Gasteiger partial charge on any atom is 0.123 e. The van der Waals surface area contributed by atoms with E-state index in [1.807, 2.05) is 12.1 Å². The van der Waals surface area contributed by atoms with Gasteiger partial charge < -0.3 is 0 Å². The normalized spacial score (nSPS) is 18.6. The Morgan fingerprint density at radius 3 is 1.76 bits per heavy atom. The second-order valence-electron chi connectivity index (χ2n) is 6.29. The van der Waals surface area contributed by atoms with Crippen molar-refractivity contribution in [3.63, 3.8) is 0 Å². The highest BCUT2D eigenvalue weighted by molar-refractivity contribution is 5.40. The molecule has 0 bridgehead atoms. The molecule has 0 radical (unpaired) electrons. The van der Waals surface area contributed by atoms with Gasteiger partial charge in [-0.05, 0) is 67.0 Å². The summed E-state index contributed by atoms with van der Waals surface area (Å²) >= 11 is 0. The molecule has 1 aliphatic rings. The van der Waals surface area contributed by atoms with Crippen molar-refractivity contribution < 1.29 is 8.78 Å². The minimum absolute atomic E-state index is 0.220. The molecule has 21 heavy (non-hydrogen) atoms. The van der Waals surface area contributed by atoms with E-state index in [-0.39, 0.29) is 17.0 Å². The zero-order valence-electron chi connectivity index (χ0n) is 12.3. The van der Waals surface area contributed by atoms with Crippen molar-refractivity contribution in [3.05, 3.63) is 71.3 Å². The highest BCUT2D eigenvalue weighted by atomic mass is 19.1. The Kier molecular flexibility index (Phi) is 3.79. The third kappa shape index (κ3) is 2.72. The molecule has 1 saturated carbocycles. The third-order valence-corrected chi connectivity index (χ3v) is 4.88. The van der Waals surface area contributed by atoms with Crippen molar-refractivity contribution in [1.29, 1.82) is 0 Å². The van der Waals surface area contributed by atoms with E-state index in [0.717, 1.165) is 36.8 Å². The molecule has 0 heterocycles. The van der Waals surface area contributed by atoms with Crippen LogP contribution in [-0.2, 0) is 5.41 Å². The van der Waals surface area contributed by atoms with Crippen LogP contribution in [0.3, 0.4) is 0 Å². The van der Waals surface area contributed by atoms with Gasteiger partial charge in [0, 0.05) is 5.41 Å². The second-order valence-corrected chi connectivity index (χ2v) is 6.29. The summed E-state index contributed by atoms with van der Waals surface area (Å²) in [5.41, 5.74) is 1.69. The van der Waals surface area contributed by atoms with Crippen LogP contribution in [0.4, 0.5) is 8.78 Å². The van der Waals surface area contributed by atoms with Crippen LogP contribution in [0.25, 0.3) is 0 Å². The summed E-state index contributed by atoms with van der Waals surface area (Å²) in [6.07, 6.45) is 4.07. The fourth-order valence-corrected chi connectivity index (χ4v) is 3.57. The van der Waals surface area contributed by atoms with Crippen LogP contribution in [0.2, 0.25) is 0 Å². The van der Waals surface area contributed by atoms with Gasteiger partial charge in [-0.3, -0.25) is 0 Å². The number of hydrogen-bond donors (Lipinski definition) is 0. The topological polar surface area (TPSA) is 0 Å². The van der Waals surface area contributed by atoms with Gasteiger partial charge in [-0.2, -0.15) is 0 Å². The molecule has 0 aliphatic heterocycles. The molecule has 0 unspecified atom stereocenters. The van der Waals surface area contributed by atoms with E-state index in [0.29, 0.717) is 5.92 Å². The Hall–Kier alpha value is -1.70. The molecule has 0 saturated heterocycles. The molecule has 2 heteroatoms. The molecule has 0 nitrogen and oxygen atoms in total. The van der Waals surface area contributed by atoms with Gasteiger partial charge in [0.2, 0.25) is 0 Å². The molecule has 0 atom stereocenters. The lowest BCUT2D eigenvalue weighted by Gasteiger charge is -2.40. The van der Waals surface area contributed by atoms with Gasteiger partial charge in [-0.15, -0.1) is 0 Å². The first kappa shape index (κ1) is 14.2. The van der Waals surface area contributed by atoms with E-state index in [2.05, 4.69) is 6.92 Å². The number of halogens is 2. The molecule has 0 spiro atoms. The van der Waals surface area contributed by atoms with E-state index < -0.39 is 0 Å². The molecular weight excluding hydrogens is 266 g/mol. The van der Waals surface area contributed by atoms with Crippen LogP contribution in [0.15, 0.2) is 48.5 Å². The Balaban J connectivity index is 2.11. The van der Waals surface area contributed by atoms with Crippen LogP contribution in [0.5, 0.6) is 0 Å². The van der Waals surface area contributed by atoms with Crippen molar-refractivity contribution in [1.82, 2.24) is 0 Å². The Bertz CT molecular complexity index is 577. The summed E-state index contributed by atoms with van der Waals surface area (Å²) in [6, 6.07) is 13.6. The lowest BCUT2D eigenvalue weighted by atomic mass is 9.63. The summed E-state index contributed by atoms with van der Waals surface area (Å²) in [7, 11) is 0. The smallest absolute Gasteiger partial charge is 0.123 e. The Labute approximate surface area is 124 Å². The summed E-state index contributed by atoms with van der Waals surface area (Å²) in [4.78, 5) is 0. The summed E-state index contributed by atoms with van der Waals surface area (Å²) in [5.74, 6) is 0.240. The van der Waals surface area contributed by atoms with Crippen LogP contribution >= 0.6 is 0 Å². The Morgan fingerprint density at radius 1 is 0.857 bits per heavy atom. The van der Waals surface area contributed by atoms with E-state index in [9.17, 15) is 8.78 Å². The van der Waals surface area contributed by atoms with Crippen molar-refractivity contribution in [2.75, 3.05) is 0 Å². The van der Waals surface area contributed by atoms with Gasteiger partial charge in [-0.25, -0.2) is 8.78 Å². The second kappa shape index (κ2) is 5.59. The third-order valence-electron chi connectivity index (χ3n) is 4.88. The highest BCUT2D eigenvalue weighted by Crippen LogP contribution is 2.46. The van der Waals surface area contributed by atoms with E-state index in [1.165, 1.54) is 12.1 Å². The molecule has 0 amide bonds. The first-order valence-corrected chi connectivity index (χ1v) is 7.62. The summed E-state index contributed by atoms with van der Waals surface area (Å²) in [6.45, 7) is 2.25. The number of rotatable bonds is 2. The standard InChI is InChI=1S/C19H20F2/c1-14-8-10-19(11-9-14,15-4-2-6-17(20)12-15)16-5-3-7-18(21)13-16/h2-7,12-14H,8-11H2,1H3. The number of benzene rings is 2. The van der Waals surface area contributed by atoms with Crippen LogP contribution in [0, 0.1) is 17.6 Å². The predicted octanol–water partition coefficient (Wildman–Crippen LogP) is 5.46. The van der Waals surface area contributed by atoms with Crippen molar-refractivity contribution in [2.45, 2.75) is 38.0 Å². The lowest BCUT2D eigenvalue weighted by molar-refractivity contribution is 0.279. The first-order valence-electron chi connectivity index (χ1n) is 7.62. The quantitative estimate of drug-likeness (QED) is 0.687. The first-order chi connectivity index (χ1) is 10.1. The molecule has 2 aromatic rings. The maximum absolute atomic E-state index is 13.7. The van der Waals surface area contributed by atoms with Gasteiger partial charge in [0.05, 0.1) is 0 Å². The molecule has 1 fully saturated rings. The zero-order chi connectivity index (χ0) is 14.9. The summed E-state index contributed by atoms with van der Waals surface area (Å²) in [5, 5.41) is 0. The molecule has 0 N–H and O–H groups in total. The van der Waals surface area contributed by atoms with Crippen LogP contribution in [0.1, 0.15) is 43.7 Å². The maximum atomic E-state index is 13.7. The van der Waals surface area contributed by atoms with Crippen LogP contribution < -0.4 is 0 Å². The zero-order valence-corrected chi connectivity index (χ0v) is 12.3. The average molecular weight is 286 g/mol. The average Bonchev–Trinajstić information content (AvgIpc) is 2.48. The van der Waals surface area contributed by atoms with E-state index in [4.69, 9.17) is 0 Å². The number of hydrogen-bond acceptors (Lipinski definition) is 0. The molecule has 110 valence electrons. The lowest BCUT2D eigenvalue weighted by Crippen LogP contribution is -2.32. The van der Waals surface area contributed by atoms with Crippen molar-refractivity contribution in [2.24, 2.45) is 5.92 Å². The highest BCUT2D eigenvalue weighted by Gasteiger charge is 2.37. The molecule has 3 rings (SSSR count). The fourth-order valence-electron chi connectivity index (χ4n) is 3.57. The van der Waals surface area contributed by atoms with Gasteiger partial charge in [-0.1, -0.05) is 31.2 Å². The van der Waals surface area contributed by atoms with E-state index in [1.54, 1.807) is 24.3 Å². The van der Waals surface area contributed by atoms with Gasteiger partial charge in [0.25, 0.3) is 0 Å². The minimum Gasteiger partial charge on any atom is -0.207 e. The molecule has 2 aromatic carbocycles. The largest absolute Gasteiger partial charge is 0.207 e. The predicted molar refractivity (Wildman–Crippen MR) is 81.2 cm³/mol. The van der Waals surface area contributed by atoms with Gasteiger partial charge in [0.1, 0.15) is 11.6 Å². The molecule has 1 aliphatic carbocycles. The SMILES string of the molecule is CC1CCC(c2cccc(F)c2)(c2cccc(F)c2)CC1. The van der Waals surface area contributed by atoms with Crippen LogP contribution in [-0.4, -0.2) is 0 Å². The van der Waals surface area contributed by atoms with Crippen molar-refractivity contribution >= 4 is 0 Å². The van der Waals surface area contributed by atoms with Crippen molar-refractivity contribution in [3.8, 4) is 0 Å². The fraction of sp³-hybridized carbons (Fsp3) is 0.368. The van der Waals surface area contributed by atoms with E-state index >= 15 is 0 Å². The minimum atomic E-state index is -0.253. The molecule has 0 aromatic heterocycles. The molecular formula is C19H20F2. The Morgan fingerprint density at radius 2 is 1.33 bits per heavy atom.